The number of rotatable bonds is 5. The van der Waals surface area contributed by atoms with Crippen molar-refractivity contribution < 1.29 is 14.3 Å². The number of benzene rings is 2. The van der Waals surface area contributed by atoms with Crippen molar-refractivity contribution in [1.29, 1.82) is 0 Å². The van der Waals surface area contributed by atoms with Gasteiger partial charge in [0, 0.05) is 37.1 Å². The predicted molar refractivity (Wildman–Crippen MR) is 92.3 cm³/mol. The Morgan fingerprint density at radius 1 is 1.25 bits per heavy atom. The third-order valence-corrected chi connectivity index (χ3v) is 3.79. The van der Waals surface area contributed by atoms with Crippen LogP contribution in [0.25, 0.3) is 0 Å². The van der Waals surface area contributed by atoms with E-state index in [1.54, 1.807) is 36.3 Å². The van der Waals surface area contributed by atoms with Crippen LogP contribution < -0.4 is 15.5 Å². The normalized spacial score (nSPS) is 13.7. The minimum atomic E-state index is -0.193. The zero-order chi connectivity index (χ0) is 16.9. The van der Waals surface area contributed by atoms with Crippen molar-refractivity contribution >= 4 is 23.3 Å². The Hall–Kier alpha value is -2.86. The highest BCUT2D eigenvalue weighted by atomic mass is 16.5. The van der Waals surface area contributed by atoms with E-state index in [2.05, 4.69) is 10.6 Å². The molecule has 24 heavy (non-hydrogen) atoms. The summed E-state index contributed by atoms with van der Waals surface area (Å²) in [7, 11) is 1.63. The lowest BCUT2D eigenvalue weighted by atomic mass is 10.1. The Morgan fingerprint density at radius 2 is 2.04 bits per heavy atom. The molecule has 1 heterocycles. The summed E-state index contributed by atoms with van der Waals surface area (Å²) < 4.78 is 5.09. The van der Waals surface area contributed by atoms with Crippen LogP contribution in [0.5, 0.6) is 0 Å². The first-order valence-electron chi connectivity index (χ1n) is 7.72. The summed E-state index contributed by atoms with van der Waals surface area (Å²) in [5.41, 5.74) is 3.03. The number of urea groups is 1. The summed E-state index contributed by atoms with van der Waals surface area (Å²) in [6.45, 7) is 1.77. The lowest BCUT2D eigenvalue weighted by molar-refractivity contribution is 0.102. The number of carbonyl (C=O) groups is 2. The SMILES string of the molecule is COCc1cccc(NC(=O)c2ccc(N3CCNC3=O)cc2)c1. The fourth-order valence-electron chi connectivity index (χ4n) is 2.62. The van der Waals surface area contributed by atoms with Crippen LogP contribution in [0.1, 0.15) is 15.9 Å². The first-order valence-corrected chi connectivity index (χ1v) is 7.72. The van der Waals surface area contributed by atoms with Crippen molar-refractivity contribution in [2.75, 3.05) is 30.4 Å². The molecule has 2 aromatic rings. The maximum Gasteiger partial charge on any atom is 0.321 e. The molecule has 3 rings (SSSR count). The molecule has 1 aliphatic rings. The molecular formula is C18H19N3O3. The lowest BCUT2D eigenvalue weighted by Gasteiger charge is -2.14. The minimum Gasteiger partial charge on any atom is -0.380 e. The van der Waals surface area contributed by atoms with Gasteiger partial charge in [0.05, 0.1) is 6.61 Å². The molecule has 0 unspecified atom stereocenters. The van der Waals surface area contributed by atoms with Crippen molar-refractivity contribution in [1.82, 2.24) is 5.32 Å². The second-order valence-corrected chi connectivity index (χ2v) is 5.52. The average molecular weight is 325 g/mol. The molecule has 0 spiro atoms. The molecular weight excluding hydrogens is 306 g/mol. The van der Waals surface area contributed by atoms with Gasteiger partial charge < -0.3 is 15.4 Å². The van der Waals surface area contributed by atoms with E-state index in [0.29, 0.717) is 25.3 Å². The van der Waals surface area contributed by atoms with Gasteiger partial charge in [-0.3, -0.25) is 9.69 Å². The van der Waals surface area contributed by atoms with E-state index >= 15 is 0 Å². The highest BCUT2D eigenvalue weighted by Crippen LogP contribution is 2.18. The molecule has 2 N–H and O–H groups in total. The monoisotopic (exact) mass is 325 g/mol. The maximum atomic E-state index is 12.3. The van der Waals surface area contributed by atoms with E-state index in [-0.39, 0.29) is 11.9 Å². The fourth-order valence-corrected chi connectivity index (χ4v) is 2.62. The Labute approximate surface area is 140 Å². The molecule has 1 saturated heterocycles. The van der Waals surface area contributed by atoms with Crippen molar-refractivity contribution in [3.8, 4) is 0 Å². The summed E-state index contributed by atoms with van der Waals surface area (Å²) >= 11 is 0. The number of anilines is 2. The molecule has 6 nitrogen and oxygen atoms in total. The third-order valence-electron chi connectivity index (χ3n) is 3.79. The van der Waals surface area contributed by atoms with Crippen LogP contribution in [0.2, 0.25) is 0 Å². The summed E-state index contributed by atoms with van der Waals surface area (Å²) in [5, 5.41) is 5.62. The van der Waals surface area contributed by atoms with Gasteiger partial charge in [-0.15, -0.1) is 0 Å². The van der Waals surface area contributed by atoms with Gasteiger partial charge in [-0.05, 0) is 42.0 Å². The van der Waals surface area contributed by atoms with Gasteiger partial charge >= 0.3 is 6.03 Å². The van der Waals surface area contributed by atoms with Gasteiger partial charge in [0.2, 0.25) is 0 Å². The van der Waals surface area contributed by atoms with E-state index in [4.69, 9.17) is 4.74 Å². The zero-order valence-electron chi connectivity index (χ0n) is 13.4. The van der Waals surface area contributed by atoms with Crippen molar-refractivity contribution in [3.63, 3.8) is 0 Å². The number of hydrogen-bond donors (Lipinski definition) is 2. The van der Waals surface area contributed by atoms with Crippen LogP contribution in [-0.2, 0) is 11.3 Å². The third kappa shape index (κ3) is 3.55. The van der Waals surface area contributed by atoms with E-state index < -0.39 is 0 Å². The first-order chi connectivity index (χ1) is 11.7. The van der Waals surface area contributed by atoms with Crippen LogP contribution in [0.3, 0.4) is 0 Å². The Bertz CT molecular complexity index is 743. The molecule has 1 aliphatic heterocycles. The molecule has 0 aromatic heterocycles. The smallest absolute Gasteiger partial charge is 0.321 e. The molecule has 0 radical (unpaired) electrons. The molecule has 6 heteroatoms. The molecule has 3 amide bonds. The van der Waals surface area contributed by atoms with Crippen LogP contribution in [0.4, 0.5) is 16.2 Å². The van der Waals surface area contributed by atoms with E-state index in [9.17, 15) is 9.59 Å². The fraction of sp³-hybridized carbons (Fsp3) is 0.222. The van der Waals surface area contributed by atoms with E-state index in [1.807, 2.05) is 24.3 Å². The average Bonchev–Trinajstić information content (AvgIpc) is 3.02. The first kappa shape index (κ1) is 16.0. The summed E-state index contributed by atoms with van der Waals surface area (Å²) in [4.78, 5) is 25.6. The van der Waals surface area contributed by atoms with Gasteiger partial charge in [-0.2, -0.15) is 0 Å². The number of amides is 3. The van der Waals surface area contributed by atoms with Gasteiger partial charge in [-0.25, -0.2) is 4.79 Å². The summed E-state index contributed by atoms with van der Waals surface area (Å²) in [6, 6.07) is 14.4. The second kappa shape index (κ2) is 7.14. The molecule has 124 valence electrons. The number of carbonyl (C=O) groups excluding carboxylic acids is 2. The standard InChI is InChI=1S/C18H19N3O3/c1-24-12-13-3-2-4-15(11-13)20-17(22)14-5-7-16(8-6-14)21-10-9-19-18(21)23/h2-8,11H,9-10,12H2,1H3,(H,19,23)(H,20,22). The molecule has 2 aromatic carbocycles. The van der Waals surface area contributed by atoms with Crippen LogP contribution in [-0.4, -0.2) is 32.1 Å². The summed E-state index contributed by atoms with van der Waals surface area (Å²) in [6.07, 6.45) is 0. The van der Waals surface area contributed by atoms with Gasteiger partial charge in [0.25, 0.3) is 5.91 Å². The number of methoxy groups -OCH3 is 1. The molecule has 0 saturated carbocycles. The summed E-state index contributed by atoms with van der Waals surface area (Å²) in [5.74, 6) is -0.193. The van der Waals surface area contributed by atoms with Crippen molar-refractivity contribution in [3.05, 3.63) is 59.7 Å². The highest BCUT2D eigenvalue weighted by Gasteiger charge is 2.21. The van der Waals surface area contributed by atoms with E-state index in [0.717, 1.165) is 16.9 Å². The van der Waals surface area contributed by atoms with Crippen LogP contribution in [0.15, 0.2) is 48.5 Å². The van der Waals surface area contributed by atoms with Crippen LogP contribution >= 0.6 is 0 Å². The van der Waals surface area contributed by atoms with Crippen molar-refractivity contribution in [2.45, 2.75) is 6.61 Å². The highest BCUT2D eigenvalue weighted by molar-refractivity contribution is 6.04. The Kier molecular flexibility index (Phi) is 4.77. The lowest BCUT2D eigenvalue weighted by Crippen LogP contribution is -2.27. The Balaban J connectivity index is 1.69. The zero-order valence-corrected chi connectivity index (χ0v) is 13.4. The van der Waals surface area contributed by atoms with Crippen molar-refractivity contribution in [2.24, 2.45) is 0 Å². The maximum absolute atomic E-state index is 12.3. The van der Waals surface area contributed by atoms with Gasteiger partial charge in [0.1, 0.15) is 0 Å². The van der Waals surface area contributed by atoms with E-state index in [1.165, 1.54) is 0 Å². The van der Waals surface area contributed by atoms with Gasteiger partial charge in [0.15, 0.2) is 0 Å². The second-order valence-electron chi connectivity index (χ2n) is 5.52. The number of nitrogens with one attached hydrogen (secondary N) is 2. The molecule has 0 aliphatic carbocycles. The molecule has 0 atom stereocenters. The molecule has 1 fully saturated rings. The number of hydrogen-bond acceptors (Lipinski definition) is 3. The topological polar surface area (TPSA) is 70.7 Å². The number of nitrogens with zero attached hydrogens (tertiary/aromatic N) is 1. The number of ether oxygens (including phenoxy) is 1. The quantitative estimate of drug-likeness (QED) is 0.888. The predicted octanol–water partition coefficient (Wildman–Crippen LogP) is 2.61. The largest absolute Gasteiger partial charge is 0.380 e. The minimum absolute atomic E-state index is 0.109. The Morgan fingerprint density at radius 3 is 2.71 bits per heavy atom. The van der Waals surface area contributed by atoms with Gasteiger partial charge in [-0.1, -0.05) is 12.1 Å². The van der Waals surface area contributed by atoms with Crippen LogP contribution in [0, 0.1) is 0 Å². The molecule has 0 bridgehead atoms.